The molecule has 2 fully saturated rings. The molecular formula is C30H30FN3O4. The zero-order valence-electron chi connectivity index (χ0n) is 21.2. The maximum absolute atomic E-state index is 13.7. The molecule has 0 saturated carbocycles. The van der Waals surface area contributed by atoms with E-state index in [1.165, 1.54) is 17.0 Å². The molecule has 1 N–H and O–H groups in total. The van der Waals surface area contributed by atoms with Gasteiger partial charge in [-0.2, -0.15) is 0 Å². The molecule has 38 heavy (non-hydrogen) atoms. The van der Waals surface area contributed by atoms with Crippen LogP contribution in [0.5, 0.6) is 0 Å². The Labute approximate surface area is 221 Å². The van der Waals surface area contributed by atoms with E-state index < -0.39 is 18.2 Å². The first-order chi connectivity index (χ1) is 18.4. The molecule has 0 radical (unpaired) electrons. The number of hydrogen-bond donors (Lipinski definition) is 1. The van der Waals surface area contributed by atoms with Gasteiger partial charge in [-0.25, -0.2) is 9.18 Å². The molecule has 3 aromatic rings. The first-order valence-electron chi connectivity index (χ1n) is 12.9. The van der Waals surface area contributed by atoms with Gasteiger partial charge in [-0.3, -0.25) is 14.5 Å². The van der Waals surface area contributed by atoms with Crippen molar-refractivity contribution >= 4 is 23.6 Å². The zero-order valence-corrected chi connectivity index (χ0v) is 21.2. The van der Waals surface area contributed by atoms with Crippen LogP contribution in [0.2, 0.25) is 0 Å². The quantitative estimate of drug-likeness (QED) is 0.473. The Kier molecular flexibility index (Phi) is 7.40. The molecule has 0 bridgehead atoms. The second kappa shape index (κ2) is 11.0. The molecule has 3 amide bonds. The number of aryl methyl sites for hydroxylation is 1. The molecule has 5 rings (SSSR count). The number of carbonyl (C=O) groups excluding carboxylic acids is 3. The SMILES string of the molecule is Cc1cccc(C(=O)Nc2ccc(C3OC(=O)N(Cc4ccc(F)cc4)C3C(=O)N3CCCCC3)cc2)c1. The van der Waals surface area contributed by atoms with Gasteiger partial charge in [0.1, 0.15) is 5.82 Å². The van der Waals surface area contributed by atoms with E-state index in [0.717, 1.165) is 24.8 Å². The highest BCUT2D eigenvalue weighted by molar-refractivity contribution is 6.04. The number of piperidine rings is 1. The van der Waals surface area contributed by atoms with Gasteiger partial charge in [-0.05, 0) is 73.7 Å². The Morgan fingerprint density at radius 3 is 2.37 bits per heavy atom. The fourth-order valence-corrected chi connectivity index (χ4v) is 5.03. The lowest BCUT2D eigenvalue weighted by atomic mass is 9.98. The van der Waals surface area contributed by atoms with Gasteiger partial charge in [0.25, 0.3) is 5.91 Å². The van der Waals surface area contributed by atoms with Gasteiger partial charge in [0, 0.05) is 24.3 Å². The summed E-state index contributed by atoms with van der Waals surface area (Å²) in [5.41, 5.74) is 3.50. The molecule has 2 saturated heterocycles. The Bertz CT molecular complexity index is 1320. The molecule has 8 heteroatoms. The minimum absolute atomic E-state index is 0.129. The second-order valence-electron chi connectivity index (χ2n) is 9.84. The third-order valence-corrected chi connectivity index (χ3v) is 7.05. The summed E-state index contributed by atoms with van der Waals surface area (Å²) in [5.74, 6) is -0.747. The highest BCUT2D eigenvalue weighted by Crippen LogP contribution is 2.36. The minimum atomic E-state index is -0.849. The van der Waals surface area contributed by atoms with Crippen molar-refractivity contribution in [2.75, 3.05) is 18.4 Å². The monoisotopic (exact) mass is 515 g/mol. The van der Waals surface area contributed by atoms with Crippen LogP contribution in [0.15, 0.2) is 72.8 Å². The van der Waals surface area contributed by atoms with Gasteiger partial charge in [-0.15, -0.1) is 0 Å². The lowest BCUT2D eigenvalue weighted by Gasteiger charge is -2.33. The smallest absolute Gasteiger partial charge is 0.411 e. The topological polar surface area (TPSA) is 79.0 Å². The molecule has 0 aliphatic carbocycles. The lowest BCUT2D eigenvalue weighted by molar-refractivity contribution is -0.137. The van der Waals surface area contributed by atoms with Gasteiger partial charge >= 0.3 is 6.09 Å². The first kappa shape index (κ1) is 25.4. The number of halogens is 1. The van der Waals surface area contributed by atoms with E-state index in [-0.39, 0.29) is 24.2 Å². The molecule has 0 aromatic heterocycles. The summed E-state index contributed by atoms with van der Waals surface area (Å²) < 4.78 is 19.2. The molecule has 196 valence electrons. The summed E-state index contributed by atoms with van der Waals surface area (Å²) in [5, 5.41) is 2.88. The number of amides is 3. The number of benzene rings is 3. The minimum Gasteiger partial charge on any atom is -0.438 e. The van der Waals surface area contributed by atoms with E-state index in [1.54, 1.807) is 47.4 Å². The molecule has 2 aliphatic heterocycles. The summed E-state index contributed by atoms with van der Waals surface area (Å²) in [7, 11) is 0. The highest BCUT2D eigenvalue weighted by Gasteiger charge is 2.48. The van der Waals surface area contributed by atoms with E-state index in [2.05, 4.69) is 5.32 Å². The Morgan fingerprint density at radius 1 is 0.974 bits per heavy atom. The fourth-order valence-electron chi connectivity index (χ4n) is 5.03. The molecule has 2 unspecified atom stereocenters. The van der Waals surface area contributed by atoms with Crippen molar-refractivity contribution in [3.8, 4) is 0 Å². The van der Waals surface area contributed by atoms with Gasteiger partial charge in [-0.1, -0.05) is 42.0 Å². The van der Waals surface area contributed by atoms with E-state index in [9.17, 15) is 18.8 Å². The lowest BCUT2D eigenvalue weighted by Crippen LogP contribution is -2.49. The van der Waals surface area contributed by atoms with Crippen molar-refractivity contribution in [2.24, 2.45) is 0 Å². The van der Waals surface area contributed by atoms with Gasteiger partial charge in [0.05, 0.1) is 6.54 Å². The van der Waals surface area contributed by atoms with Crippen molar-refractivity contribution in [1.29, 1.82) is 0 Å². The summed E-state index contributed by atoms with van der Waals surface area (Å²) in [6, 6.07) is 19.3. The predicted molar refractivity (Wildman–Crippen MR) is 141 cm³/mol. The van der Waals surface area contributed by atoms with E-state index in [4.69, 9.17) is 4.74 Å². The summed E-state index contributed by atoms with van der Waals surface area (Å²) in [6.07, 6.45) is 1.52. The standard InChI is InChI=1S/C30H30FN3O4/c1-20-6-5-7-23(18-20)28(35)32-25-14-10-22(11-15-25)27-26(29(36)33-16-3-2-4-17-33)34(30(37)38-27)19-21-8-12-24(31)13-9-21/h5-15,18,26-27H,2-4,16-17,19H2,1H3,(H,32,35). The van der Waals surface area contributed by atoms with Crippen molar-refractivity contribution < 1.29 is 23.5 Å². The predicted octanol–water partition coefficient (Wildman–Crippen LogP) is 5.46. The molecule has 2 aliphatic rings. The number of cyclic esters (lactones) is 1. The first-order valence-corrected chi connectivity index (χ1v) is 12.9. The number of rotatable bonds is 6. The Hall–Kier alpha value is -4.20. The van der Waals surface area contributed by atoms with E-state index in [0.29, 0.717) is 35.5 Å². The largest absolute Gasteiger partial charge is 0.438 e. The number of ether oxygens (including phenoxy) is 1. The fraction of sp³-hybridized carbons (Fsp3) is 0.300. The van der Waals surface area contributed by atoms with Crippen molar-refractivity contribution in [1.82, 2.24) is 9.80 Å². The van der Waals surface area contributed by atoms with Crippen molar-refractivity contribution in [2.45, 2.75) is 44.9 Å². The maximum atomic E-state index is 13.7. The van der Waals surface area contributed by atoms with Crippen LogP contribution in [0, 0.1) is 12.7 Å². The number of nitrogens with one attached hydrogen (secondary N) is 1. The average molecular weight is 516 g/mol. The number of anilines is 1. The van der Waals surface area contributed by atoms with E-state index in [1.807, 2.05) is 25.1 Å². The molecular weight excluding hydrogens is 485 g/mol. The van der Waals surface area contributed by atoms with Crippen LogP contribution in [0.4, 0.5) is 14.9 Å². The van der Waals surface area contributed by atoms with Crippen LogP contribution in [0.1, 0.15) is 52.4 Å². The molecule has 3 aromatic carbocycles. The molecule has 7 nitrogen and oxygen atoms in total. The van der Waals surface area contributed by atoms with E-state index >= 15 is 0 Å². The van der Waals surface area contributed by atoms with Crippen molar-refractivity contribution in [3.63, 3.8) is 0 Å². The van der Waals surface area contributed by atoms with Crippen LogP contribution in [0.25, 0.3) is 0 Å². The molecule has 2 heterocycles. The number of nitrogens with zero attached hydrogens (tertiary/aromatic N) is 2. The second-order valence-corrected chi connectivity index (χ2v) is 9.84. The van der Waals surface area contributed by atoms with Gasteiger partial charge in [0.2, 0.25) is 5.91 Å². The van der Waals surface area contributed by atoms with Crippen LogP contribution in [-0.4, -0.2) is 46.8 Å². The Balaban J connectivity index is 1.38. The highest BCUT2D eigenvalue weighted by atomic mass is 19.1. The number of hydrogen-bond acceptors (Lipinski definition) is 4. The number of carbonyl (C=O) groups is 3. The van der Waals surface area contributed by atoms with Crippen LogP contribution < -0.4 is 5.32 Å². The maximum Gasteiger partial charge on any atom is 0.411 e. The third-order valence-electron chi connectivity index (χ3n) is 7.05. The van der Waals surface area contributed by atoms with Crippen LogP contribution >= 0.6 is 0 Å². The van der Waals surface area contributed by atoms with Gasteiger partial charge < -0.3 is 15.0 Å². The Morgan fingerprint density at radius 2 is 1.68 bits per heavy atom. The summed E-state index contributed by atoms with van der Waals surface area (Å²) in [6.45, 7) is 3.34. The normalized spacial score (nSPS) is 19.3. The van der Waals surface area contributed by atoms with Crippen LogP contribution in [0.3, 0.4) is 0 Å². The zero-order chi connectivity index (χ0) is 26.6. The van der Waals surface area contributed by atoms with Crippen LogP contribution in [-0.2, 0) is 16.1 Å². The van der Waals surface area contributed by atoms with Crippen molar-refractivity contribution in [3.05, 3.63) is 101 Å². The summed E-state index contributed by atoms with van der Waals surface area (Å²) >= 11 is 0. The average Bonchev–Trinajstić information content (AvgIpc) is 3.26. The molecule has 2 atom stereocenters. The summed E-state index contributed by atoms with van der Waals surface area (Å²) in [4.78, 5) is 42.6. The number of likely N-dealkylation sites (tertiary alicyclic amines) is 1. The molecule has 0 spiro atoms. The third kappa shape index (κ3) is 5.54. The van der Waals surface area contributed by atoms with Gasteiger partial charge in [0.15, 0.2) is 12.1 Å².